The number of nitrogens with zero attached hydrogens (tertiary/aromatic N) is 2. The van der Waals surface area contributed by atoms with E-state index in [1.807, 2.05) is 0 Å². The Hall–Kier alpha value is -4.25. The van der Waals surface area contributed by atoms with Crippen molar-refractivity contribution in [3.63, 3.8) is 0 Å². The van der Waals surface area contributed by atoms with E-state index in [0.29, 0.717) is 17.1 Å². The molecule has 0 radical (unpaired) electrons. The number of anilines is 1. The standard InChI is InChI=1S/C23H18FN3O6S/c1-31-19-6-2-4-15(12-19)22-25-21(33-26-22)14-32-23(28)16-5-3-7-20(13-16)34(29,30)27-18-10-8-17(24)9-11-18/h2-13,27H,14H2,1H3. The first kappa shape index (κ1) is 22.9. The molecule has 1 N–H and O–H groups in total. The summed E-state index contributed by atoms with van der Waals surface area (Å²) < 4.78 is 56.1. The number of nitrogens with one attached hydrogen (secondary N) is 1. The van der Waals surface area contributed by atoms with E-state index in [9.17, 15) is 17.6 Å². The Morgan fingerprint density at radius 3 is 2.59 bits per heavy atom. The highest BCUT2D eigenvalue weighted by Crippen LogP contribution is 2.22. The van der Waals surface area contributed by atoms with E-state index in [1.54, 1.807) is 31.4 Å². The molecule has 3 aromatic carbocycles. The Labute approximate surface area is 194 Å². The Bertz CT molecular complexity index is 1420. The van der Waals surface area contributed by atoms with E-state index in [-0.39, 0.29) is 28.6 Å². The van der Waals surface area contributed by atoms with Crippen LogP contribution in [0.2, 0.25) is 0 Å². The van der Waals surface area contributed by atoms with Crippen LogP contribution >= 0.6 is 0 Å². The van der Waals surface area contributed by atoms with Crippen LogP contribution in [0.4, 0.5) is 10.1 Å². The van der Waals surface area contributed by atoms with Gasteiger partial charge in [0.05, 0.1) is 17.6 Å². The Kier molecular flexibility index (Phi) is 6.55. The van der Waals surface area contributed by atoms with E-state index in [2.05, 4.69) is 14.9 Å². The van der Waals surface area contributed by atoms with Gasteiger partial charge in [-0.25, -0.2) is 17.6 Å². The smallest absolute Gasteiger partial charge is 0.338 e. The summed E-state index contributed by atoms with van der Waals surface area (Å²) in [6.07, 6.45) is 0. The molecule has 0 aliphatic carbocycles. The SMILES string of the molecule is COc1cccc(-c2noc(COC(=O)c3cccc(S(=O)(=O)Nc4ccc(F)cc4)c3)n2)c1. The summed E-state index contributed by atoms with van der Waals surface area (Å²) in [4.78, 5) is 16.5. The first-order chi connectivity index (χ1) is 16.3. The predicted molar refractivity (Wildman–Crippen MR) is 119 cm³/mol. The average Bonchev–Trinajstić information content (AvgIpc) is 3.33. The molecule has 0 saturated carbocycles. The van der Waals surface area contributed by atoms with Crippen molar-refractivity contribution in [1.29, 1.82) is 0 Å². The first-order valence-corrected chi connectivity index (χ1v) is 11.3. The average molecular weight is 483 g/mol. The van der Waals surface area contributed by atoms with Crippen molar-refractivity contribution in [2.75, 3.05) is 11.8 Å². The zero-order valence-corrected chi connectivity index (χ0v) is 18.6. The van der Waals surface area contributed by atoms with Gasteiger partial charge in [0.2, 0.25) is 5.82 Å². The molecule has 1 heterocycles. The molecule has 0 aliphatic rings. The van der Waals surface area contributed by atoms with Crippen LogP contribution in [-0.4, -0.2) is 31.6 Å². The quantitative estimate of drug-likeness (QED) is 0.373. The van der Waals surface area contributed by atoms with Crippen LogP contribution in [0.1, 0.15) is 16.2 Å². The summed E-state index contributed by atoms with van der Waals surface area (Å²) in [6.45, 7) is -0.305. The molecule has 0 aliphatic heterocycles. The largest absolute Gasteiger partial charge is 0.497 e. The zero-order chi connectivity index (χ0) is 24.1. The van der Waals surface area contributed by atoms with E-state index in [4.69, 9.17) is 14.0 Å². The Morgan fingerprint density at radius 1 is 1.06 bits per heavy atom. The maximum Gasteiger partial charge on any atom is 0.338 e. The van der Waals surface area contributed by atoms with Crippen LogP contribution in [0.3, 0.4) is 0 Å². The number of aromatic nitrogens is 2. The second-order valence-electron chi connectivity index (χ2n) is 6.96. The highest BCUT2D eigenvalue weighted by Gasteiger charge is 2.18. The molecule has 4 rings (SSSR count). The lowest BCUT2D eigenvalue weighted by atomic mass is 10.2. The summed E-state index contributed by atoms with van der Waals surface area (Å²) in [6, 6.07) is 17.2. The molecule has 0 amide bonds. The highest BCUT2D eigenvalue weighted by molar-refractivity contribution is 7.92. The number of rotatable bonds is 8. The molecule has 0 atom stereocenters. The highest BCUT2D eigenvalue weighted by atomic mass is 32.2. The summed E-state index contributed by atoms with van der Waals surface area (Å²) in [7, 11) is -2.47. The monoisotopic (exact) mass is 483 g/mol. The van der Waals surface area contributed by atoms with E-state index in [0.717, 1.165) is 12.1 Å². The van der Waals surface area contributed by atoms with Crippen LogP contribution in [0.5, 0.6) is 5.75 Å². The number of esters is 1. The number of carbonyl (C=O) groups excluding carboxylic acids is 1. The van der Waals surface area contributed by atoms with Gasteiger partial charge >= 0.3 is 5.97 Å². The maximum absolute atomic E-state index is 13.0. The zero-order valence-electron chi connectivity index (χ0n) is 17.8. The molecule has 0 bridgehead atoms. The van der Waals surface area contributed by atoms with Gasteiger partial charge in [-0.3, -0.25) is 4.72 Å². The van der Waals surface area contributed by atoms with Crippen molar-refractivity contribution in [2.24, 2.45) is 0 Å². The fraction of sp³-hybridized carbons (Fsp3) is 0.0870. The van der Waals surface area contributed by atoms with Gasteiger partial charge in [0, 0.05) is 11.3 Å². The summed E-state index contributed by atoms with van der Waals surface area (Å²) in [5.41, 5.74) is 0.847. The molecule has 0 unspecified atom stereocenters. The number of halogens is 1. The molecule has 4 aromatic rings. The second kappa shape index (κ2) is 9.71. The van der Waals surface area contributed by atoms with Gasteiger partial charge in [0.1, 0.15) is 11.6 Å². The van der Waals surface area contributed by atoms with Crippen molar-refractivity contribution in [2.45, 2.75) is 11.5 Å². The lowest BCUT2D eigenvalue weighted by Crippen LogP contribution is -2.14. The normalized spacial score (nSPS) is 11.1. The number of benzene rings is 3. The predicted octanol–water partition coefficient (Wildman–Crippen LogP) is 4.04. The molecule has 9 nitrogen and oxygen atoms in total. The molecule has 174 valence electrons. The third kappa shape index (κ3) is 5.38. The van der Waals surface area contributed by atoms with E-state index in [1.165, 1.54) is 36.4 Å². The van der Waals surface area contributed by atoms with Gasteiger partial charge in [0.25, 0.3) is 15.9 Å². The number of sulfonamides is 1. The number of carbonyl (C=O) groups is 1. The number of methoxy groups -OCH3 is 1. The van der Waals surface area contributed by atoms with Gasteiger partial charge < -0.3 is 14.0 Å². The number of hydrogen-bond acceptors (Lipinski definition) is 8. The van der Waals surface area contributed by atoms with Crippen LogP contribution in [0.25, 0.3) is 11.4 Å². The molecule has 11 heteroatoms. The van der Waals surface area contributed by atoms with Gasteiger partial charge in [0.15, 0.2) is 6.61 Å². The van der Waals surface area contributed by atoms with Crippen molar-refractivity contribution in [3.8, 4) is 17.1 Å². The minimum absolute atomic E-state index is 0.00881. The summed E-state index contributed by atoms with van der Waals surface area (Å²) >= 11 is 0. The fourth-order valence-corrected chi connectivity index (χ4v) is 4.03. The van der Waals surface area contributed by atoms with Crippen molar-refractivity contribution in [1.82, 2.24) is 10.1 Å². The second-order valence-corrected chi connectivity index (χ2v) is 8.64. The fourth-order valence-electron chi connectivity index (χ4n) is 2.93. The van der Waals surface area contributed by atoms with Crippen LogP contribution < -0.4 is 9.46 Å². The Balaban J connectivity index is 1.42. The van der Waals surface area contributed by atoms with Crippen LogP contribution in [-0.2, 0) is 21.4 Å². The van der Waals surface area contributed by atoms with Gasteiger partial charge in [-0.05, 0) is 54.6 Å². The van der Waals surface area contributed by atoms with E-state index >= 15 is 0 Å². The molecule has 0 spiro atoms. The van der Waals surface area contributed by atoms with Crippen molar-refractivity contribution in [3.05, 3.63) is 90.1 Å². The van der Waals surface area contributed by atoms with E-state index < -0.39 is 21.8 Å². The molecular formula is C23H18FN3O6S. The first-order valence-electron chi connectivity index (χ1n) is 9.87. The summed E-state index contributed by atoms with van der Waals surface area (Å²) in [5, 5.41) is 3.86. The molecule has 0 fully saturated rings. The molecule has 0 saturated heterocycles. The Morgan fingerprint density at radius 2 is 1.82 bits per heavy atom. The number of ether oxygens (including phenoxy) is 2. The molecule has 1 aromatic heterocycles. The minimum atomic E-state index is -4.01. The lowest BCUT2D eigenvalue weighted by molar-refractivity contribution is 0.0429. The third-order valence-corrected chi connectivity index (χ3v) is 5.98. The topological polar surface area (TPSA) is 121 Å². The molecule has 34 heavy (non-hydrogen) atoms. The minimum Gasteiger partial charge on any atom is -0.497 e. The van der Waals surface area contributed by atoms with Crippen LogP contribution in [0, 0.1) is 5.82 Å². The van der Waals surface area contributed by atoms with Gasteiger partial charge in [-0.2, -0.15) is 4.98 Å². The van der Waals surface area contributed by atoms with Crippen LogP contribution in [0.15, 0.2) is 82.2 Å². The van der Waals surface area contributed by atoms with Crippen molar-refractivity contribution >= 4 is 21.7 Å². The van der Waals surface area contributed by atoms with Gasteiger partial charge in [-0.1, -0.05) is 23.4 Å². The molecular weight excluding hydrogens is 465 g/mol. The third-order valence-electron chi connectivity index (χ3n) is 4.60. The number of hydrogen-bond donors (Lipinski definition) is 1. The van der Waals surface area contributed by atoms with Gasteiger partial charge in [-0.15, -0.1) is 0 Å². The van der Waals surface area contributed by atoms with Crippen molar-refractivity contribution < 1.29 is 31.6 Å². The summed E-state index contributed by atoms with van der Waals surface area (Å²) in [5.74, 6) is -0.290. The maximum atomic E-state index is 13.0. The lowest BCUT2D eigenvalue weighted by Gasteiger charge is -2.09.